The molecule has 1 heterocycles. The number of hydrazine groups is 1. The van der Waals surface area contributed by atoms with Gasteiger partial charge >= 0.3 is 0 Å². The van der Waals surface area contributed by atoms with Gasteiger partial charge in [-0.1, -0.05) is 18.2 Å². The number of rotatable bonds is 7. The lowest BCUT2D eigenvalue weighted by Crippen LogP contribution is -2.31. The summed E-state index contributed by atoms with van der Waals surface area (Å²) >= 11 is 1.50. The van der Waals surface area contributed by atoms with E-state index >= 15 is 0 Å². The molecule has 1 aromatic heterocycles. The van der Waals surface area contributed by atoms with E-state index in [0.717, 1.165) is 41.7 Å². The van der Waals surface area contributed by atoms with Gasteiger partial charge in [0.05, 0.1) is 4.88 Å². The zero-order valence-corrected chi connectivity index (χ0v) is 13.3. The Morgan fingerprint density at radius 1 is 1.38 bits per heavy atom. The average Bonchev–Trinajstić information content (AvgIpc) is 2.85. The number of nitrogens with one attached hydrogen (secondary N) is 2. The summed E-state index contributed by atoms with van der Waals surface area (Å²) in [6.45, 7) is 2.72. The Kier molecular flexibility index (Phi) is 5.69. The second kappa shape index (κ2) is 7.51. The Labute approximate surface area is 129 Å². The Bertz CT molecular complexity index is 611. The van der Waals surface area contributed by atoms with Gasteiger partial charge in [0.15, 0.2) is 0 Å². The predicted molar refractivity (Wildman–Crippen MR) is 88.4 cm³/mol. The molecule has 0 radical (unpaired) electrons. The van der Waals surface area contributed by atoms with E-state index in [0.29, 0.717) is 4.88 Å². The summed E-state index contributed by atoms with van der Waals surface area (Å²) in [4.78, 5) is 14.9. The number of carbonyl (C=O) groups excluding carboxylic acids is 1. The van der Waals surface area contributed by atoms with Gasteiger partial charge < -0.3 is 10.2 Å². The number of hydrogen-bond donors (Lipinski definition) is 3. The number of nitrogen functional groups attached to an aromatic ring is 1. The van der Waals surface area contributed by atoms with Crippen molar-refractivity contribution in [2.24, 2.45) is 5.84 Å². The van der Waals surface area contributed by atoms with Gasteiger partial charge in [0, 0.05) is 11.2 Å². The van der Waals surface area contributed by atoms with Gasteiger partial charge in [-0.2, -0.15) is 0 Å². The van der Waals surface area contributed by atoms with Crippen LogP contribution in [-0.4, -0.2) is 38.0 Å². The van der Waals surface area contributed by atoms with E-state index in [9.17, 15) is 4.79 Å². The molecule has 0 unspecified atom stereocenters. The van der Waals surface area contributed by atoms with Gasteiger partial charge in [-0.3, -0.25) is 10.2 Å². The van der Waals surface area contributed by atoms with Crippen LogP contribution in [0.1, 0.15) is 21.7 Å². The molecular weight excluding hydrogens is 284 g/mol. The topological polar surface area (TPSA) is 70.4 Å². The van der Waals surface area contributed by atoms with E-state index in [1.165, 1.54) is 11.3 Å². The number of benzene rings is 1. The lowest BCUT2D eigenvalue weighted by atomic mass is 10.1. The van der Waals surface area contributed by atoms with Crippen molar-refractivity contribution < 1.29 is 4.79 Å². The van der Waals surface area contributed by atoms with Crippen LogP contribution < -0.4 is 16.6 Å². The molecule has 0 saturated heterocycles. The fraction of sp³-hybridized carbons (Fsp3) is 0.400. The van der Waals surface area contributed by atoms with Gasteiger partial charge in [-0.15, -0.1) is 11.3 Å². The van der Waals surface area contributed by atoms with Gasteiger partial charge in [-0.05, 0) is 50.6 Å². The molecule has 1 amide bonds. The molecule has 0 aliphatic carbocycles. The Morgan fingerprint density at radius 3 is 2.86 bits per heavy atom. The van der Waals surface area contributed by atoms with Crippen LogP contribution in [0, 0.1) is 0 Å². The molecule has 0 atom stereocenters. The van der Waals surface area contributed by atoms with Gasteiger partial charge in [0.25, 0.3) is 5.91 Å². The summed E-state index contributed by atoms with van der Waals surface area (Å²) < 4.78 is 1.12. The maximum absolute atomic E-state index is 12.0. The first kappa shape index (κ1) is 15.9. The first-order valence-electron chi connectivity index (χ1n) is 7.02. The third kappa shape index (κ3) is 3.79. The van der Waals surface area contributed by atoms with Crippen LogP contribution >= 0.6 is 11.3 Å². The Morgan fingerprint density at radius 2 is 2.14 bits per heavy atom. The summed E-state index contributed by atoms with van der Waals surface area (Å²) in [5.74, 6) is 5.10. The molecular formula is C15H22N4OS. The fourth-order valence-electron chi connectivity index (χ4n) is 2.38. The maximum Gasteiger partial charge on any atom is 0.275 e. The summed E-state index contributed by atoms with van der Waals surface area (Å²) in [5, 5.41) is 4.29. The smallest absolute Gasteiger partial charge is 0.275 e. The standard InChI is InChI=1S/C15H22N4OS/c1-17-8-5-9-19(2)10-12-11-6-3-4-7-13(11)21-14(12)15(20)18-16/h3-4,6-7,17H,5,8-10,16H2,1-2H3,(H,18,20). The molecule has 0 saturated carbocycles. The number of carbonyl (C=O) groups is 1. The second-order valence-corrected chi connectivity index (χ2v) is 6.13. The molecule has 0 aliphatic rings. The number of hydrogen-bond acceptors (Lipinski definition) is 5. The van der Waals surface area contributed by atoms with Crippen LogP contribution in [0.2, 0.25) is 0 Å². The van der Waals surface area contributed by atoms with Crippen molar-refractivity contribution >= 4 is 27.3 Å². The summed E-state index contributed by atoms with van der Waals surface area (Å²) in [7, 11) is 4.03. The predicted octanol–water partition coefficient (Wildman–Crippen LogP) is 1.55. The molecule has 0 bridgehead atoms. The Hall–Kier alpha value is -1.47. The van der Waals surface area contributed by atoms with Crippen molar-refractivity contribution in [3.05, 3.63) is 34.7 Å². The zero-order valence-electron chi connectivity index (χ0n) is 12.5. The van der Waals surface area contributed by atoms with Gasteiger partial charge in [0.1, 0.15) is 0 Å². The first-order chi connectivity index (χ1) is 10.2. The molecule has 2 rings (SSSR count). The summed E-state index contributed by atoms with van der Waals surface area (Å²) in [5.41, 5.74) is 3.31. The van der Waals surface area contributed by atoms with Crippen molar-refractivity contribution in [2.75, 3.05) is 27.2 Å². The lowest BCUT2D eigenvalue weighted by Gasteiger charge is -2.17. The van der Waals surface area contributed by atoms with E-state index in [1.807, 2.05) is 25.2 Å². The molecule has 5 nitrogen and oxygen atoms in total. The molecule has 2 aromatic rings. The van der Waals surface area contributed by atoms with Crippen molar-refractivity contribution in [3.63, 3.8) is 0 Å². The number of amides is 1. The third-order valence-electron chi connectivity index (χ3n) is 3.43. The zero-order chi connectivity index (χ0) is 15.2. The average molecular weight is 306 g/mol. The number of nitrogens with two attached hydrogens (primary N) is 1. The molecule has 1 aromatic carbocycles. The van der Waals surface area contributed by atoms with Crippen LogP contribution in [0.3, 0.4) is 0 Å². The SMILES string of the molecule is CNCCCN(C)Cc1c(C(=O)NN)sc2ccccc12. The van der Waals surface area contributed by atoms with Crippen LogP contribution in [0.15, 0.2) is 24.3 Å². The highest BCUT2D eigenvalue weighted by atomic mass is 32.1. The van der Waals surface area contributed by atoms with Crippen molar-refractivity contribution in [3.8, 4) is 0 Å². The minimum absolute atomic E-state index is 0.213. The number of nitrogens with zero attached hydrogens (tertiary/aromatic N) is 1. The first-order valence-corrected chi connectivity index (χ1v) is 7.83. The van der Waals surface area contributed by atoms with Crippen molar-refractivity contribution in [1.29, 1.82) is 0 Å². The molecule has 0 aliphatic heterocycles. The van der Waals surface area contributed by atoms with E-state index in [-0.39, 0.29) is 5.91 Å². The highest BCUT2D eigenvalue weighted by Crippen LogP contribution is 2.32. The second-order valence-electron chi connectivity index (χ2n) is 5.07. The molecule has 0 fully saturated rings. The summed E-state index contributed by atoms with van der Waals surface area (Å²) in [6, 6.07) is 8.10. The van der Waals surface area contributed by atoms with Gasteiger partial charge in [-0.25, -0.2) is 5.84 Å². The number of thiophene rings is 1. The van der Waals surface area contributed by atoms with E-state index in [1.54, 1.807) is 0 Å². The monoisotopic (exact) mass is 306 g/mol. The highest BCUT2D eigenvalue weighted by molar-refractivity contribution is 7.21. The maximum atomic E-state index is 12.0. The van der Waals surface area contributed by atoms with Crippen molar-refractivity contribution in [1.82, 2.24) is 15.6 Å². The molecule has 21 heavy (non-hydrogen) atoms. The molecule has 6 heteroatoms. The van der Waals surface area contributed by atoms with E-state index in [2.05, 4.69) is 28.8 Å². The highest BCUT2D eigenvalue weighted by Gasteiger charge is 2.18. The fourth-order valence-corrected chi connectivity index (χ4v) is 3.50. The van der Waals surface area contributed by atoms with E-state index in [4.69, 9.17) is 5.84 Å². The molecule has 4 N–H and O–H groups in total. The van der Waals surface area contributed by atoms with Crippen LogP contribution in [0.5, 0.6) is 0 Å². The molecule has 114 valence electrons. The van der Waals surface area contributed by atoms with Crippen LogP contribution in [-0.2, 0) is 6.54 Å². The minimum atomic E-state index is -0.213. The quantitative estimate of drug-likeness (QED) is 0.314. The molecule has 0 spiro atoms. The number of fused-ring (bicyclic) bond motifs is 1. The summed E-state index contributed by atoms with van der Waals surface area (Å²) in [6.07, 6.45) is 1.08. The van der Waals surface area contributed by atoms with Crippen LogP contribution in [0.4, 0.5) is 0 Å². The normalized spacial score (nSPS) is 11.2. The minimum Gasteiger partial charge on any atom is -0.320 e. The largest absolute Gasteiger partial charge is 0.320 e. The van der Waals surface area contributed by atoms with E-state index < -0.39 is 0 Å². The van der Waals surface area contributed by atoms with Crippen LogP contribution in [0.25, 0.3) is 10.1 Å². The van der Waals surface area contributed by atoms with Crippen molar-refractivity contribution in [2.45, 2.75) is 13.0 Å². The van der Waals surface area contributed by atoms with Gasteiger partial charge in [0.2, 0.25) is 0 Å². The lowest BCUT2D eigenvalue weighted by molar-refractivity contribution is 0.0956. The third-order valence-corrected chi connectivity index (χ3v) is 4.64. The Balaban J connectivity index is 2.25.